The van der Waals surface area contributed by atoms with Gasteiger partial charge in [-0.15, -0.1) is 0 Å². The molecule has 2 N–H and O–H groups in total. The van der Waals surface area contributed by atoms with Crippen molar-refractivity contribution in [2.45, 2.75) is 11.4 Å². The molecule has 0 unspecified atom stereocenters. The number of anilines is 1. The Morgan fingerprint density at radius 2 is 1.63 bits per heavy atom. The van der Waals surface area contributed by atoms with Crippen molar-refractivity contribution in [1.82, 2.24) is 5.32 Å². The molecular weight excluding hydrogens is 367 g/mol. The first-order valence-electron chi connectivity index (χ1n) is 8.15. The molecule has 0 fully saturated rings. The van der Waals surface area contributed by atoms with E-state index in [1.807, 2.05) is 30.3 Å². The molecule has 0 bridgehead atoms. The van der Waals surface area contributed by atoms with E-state index in [1.165, 1.54) is 42.5 Å². The summed E-state index contributed by atoms with van der Waals surface area (Å²) in [5.74, 6) is -0.939. The normalized spacial score (nSPS) is 11.0. The largest absolute Gasteiger partial charge is 0.348 e. The Morgan fingerprint density at radius 1 is 0.889 bits per heavy atom. The van der Waals surface area contributed by atoms with Crippen molar-refractivity contribution in [2.24, 2.45) is 0 Å². The Morgan fingerprint density at radius 3 is 2.37 bits per heavy atom. The predicted octanol–water partition coefficient (Wildman–Crippen LogP) is 3.56. The fourth-order valence-electron chi connectivity index (χ4n) is 2.45. The van der Waals surface area contributed by atoms with Crippen LogP contribution in [0.25, 0.3) is 0 Å². The summed E-state index contributed by atoms with van der Waals surface area (Å²) in [6.45, 7) is 0.332. The van der Waals surface area contributed by atoms with Gasteiger partial charge in [-0.3, -0.25) is 9.52 Å². The lowest BCUT2D eigenvalue weighted by molar-refractivity contribution is 0.0950. The number of carbonyl (C=O) groups is 1. The fourth-order valence-corrected chi connectivity index (χ4v) is 3.55. The van der Waals surface area contributed by atoms with Gasteiger partial charge in [0.05, 0.1) is 10.6 Å². The molecule has 0 aromatic heterocycles. The van der Waals surface area contributed by atoms with Crippen LogP contribution in [0.5, 0.6) is 0 Å². The molecule has 0 aliphatic carbocycles. The quantitative estimate of drug-likeness (QED) is 0.682. The molecule has 0 heterocycles. The molecule has 0 spiro atoms. The van der Waals surface area contributed by atoms with E-state index in [0.29, 0.717) is 6.54 Å². The SMILES string of the molecule is O=C(NCc1ccccc1)c1cccc(S(=O)(=O)Nc2cccc(F)c2)c1. The molecule has 27 heavy (non-hydrogen) atoms. The van der Waals surface area contributed by atoms with Crippen molar-refractivity contribution in [2.75, 3.05) is 4.72 Å². The van der Waals surface area contributed by atoms with Gasteiger partial charge in [0.25, 0.3) is 15.9 Å². The average molecular weight is 384 g/mol. The van der Waals surface area contributed by atoms with Crippen LogP contribution in [0.4, 0.5) is 10.1 Å². The van der Waals surface area contributed by atoms with Gasteiger partial charge in [0, 0.05) is 12.1 Å². The lowest BCUT2D eigenvalue weighted by Gasteiger charge is -2.10. The maximum atomic E-state index is 13.3. The van der Waals surface area contributed by atoms with Crippen molar-refractivity contribution in [3.05, 3.63) is 95.8 Å². The van der Waals surface area contributed by atoms with Crippen LogP contribution in [0.1, 0.15) is 15.9 Å². The Balaban J connectivity index is 1.75. The van der Waals surface area contributed by atoms with Gasteiger partial charge in [-0.1, -0.05) is 42.5 Å². The second-order valence-corrected chi connectivity index (χ2v) is 7.49. The third-order valence-electron chi connectivity index (χ3n) is 3.78. The van der Waals surface area contributed by atoms with Gasteiger partial charge in [-0.25, -0.2) is 12.8 Å². The molecule has 0 saturated carbocycles. The molecule has 0 radical (unpaired) electrons. The Hall–Kier alpha value is -3.19. The fraction of sp³-hybridized carbons (Fsp3) is 0.0500. The molecule has 0 saturated heterocycles. The summed E-state index contributed by atoms with van der Waals surface area (Å²) >= 11 is 0. The number of amides is 1. The lowest BCUT2D eigenvalue weighted by Crippen LogP contribution is -2.23. The van der Waals surface area contributed by atoms with E-state index in [4.69, 9.17) is 0 Å². The van der Waals surface area contributed by atoms with Crippen molar-refractivity contribution in [1.29, 1.82) is 0 Å². The van der Waals surface area contributed by atoms with Gasteiger partial charge < -0.3 is 5.32 Å². The predicted molar refractivity (Wildman–Crippen MR) is 101 cm³/mol. The second-order valence-electron chi connectivity index (χ2n) is 5.81. The van der Waals surface area contributed by atoms with Crippen molar-refractivity contribution in [3.8, 4) is 0 Å². The van der Waals surface area contributed by atoms with E-state index in [9.17, 15) is 17.6 Å². The van der Waals surface area contributed by atoms with Crippen LogP contribution >= 0.6 is 0 Å². The summed E-state index contributed by atoms with van der Waals surface area (Å²) in [5, 5.41) is 2.75. The van der Waals surface area contributed by atoms with Crippen LogP contribution in [0, 0.1) is 5.82 Å². The molecule has 3 rings (SSSR count). The zero-order chi connectivity index (χ0) is 19.3. The summed E-state index contributed by atoms with van der Waals surface area (Å²) in [6, 6.07) is 20.2. The van der Waals surface area contributed by atoms with Crippen LogP contribution in [0.3, 0.4) is 0 Å². The van der Waals surface area contributed by atoms with Gasteiger partial charge >= 0.3 is 0 Å². The molecule has 0 aliphatic rings. The number of hydrogen-bond donors (Lipinski definition) is 2. The number of hydrogen-bond acceptors (Lipinski definition) is 3. The van der Waals surface area contributed by atoms with Crippen molar-refractivity contribution >= 4 is 21.6 Å². The minimum Gasteiger partial charge on any atom is -0.348 e. The number of nitrogens with one attached hydrogen (secondary N) is 2. The summed E-state index contributed by atoms with van der Waals surface area (Å²) in [5.41, 5.74) is 1.25. The monoisotopic (exact) mass is 384 g/mol. The summed E-state index contributed by atoms with van der Waals surface area (Å²) in [4.78, 5) is 12.2. The lowest BCUT2D eigenvalue weighted by atomic mass is 10.2. The van der Waals surface area contributed by atoms with Crippen LogP contribution in [0.2, 0.25) is 0 Å². The maximum Gasteiger partial charge on any atom is 0.261 e. The highest BCUT2D eigenvalue weighted by Crippen LogP contribution is 2.18. The standard InChI is InChI=1S/C20H17FN2O3S/c21-17-9-5-10-18(13-17)23-27(25,26)19-11-4-8-16(12-19)20(24)22-14-15-6-2-1-3-7-15/h1-13,23H,14H2,(H,22,24). The molecule has 7 heteroatoms. The van der Waals surface area contributed by atoms with Gasteiger partial charge in [-0.05, 0) is 42.0 Å². The van der Waals surface area contributed by atoms with Gasteiger partial charge in [0.1, 0.15) is 5.82 Å². The number of sulfonamides is 1. The maximum absolute atomic E-state index is 13.3. The van der Waals surface area contributed by atoms with E-state index < -0.39 is 15.8 Å². The van der Waals surface area contributed by atoms with Crippen LogP contribution in [-0.2, 0) is 16.6 Å². The molecule has 3 aromatic rings. The smallest absolute Gasteiger partial charge is 0.261 e. The van der Waals surface area contributed by atoms with Crippen LogP contribution in [-0.4, -0.2) is 14.3 Å². The minimum atomic E-state index is -3.95. The number of benzene rings is 3. The van der Waals surface area contributed by atoms with Gasteiger partial charge in [-0.2, -0.15) is 0 Å². The molecule has 0 atom stereocenters. The first-order valence-corrected chi connectivity index (χ1v) is 9.63. The van der Waals surface area contributed by atoms with Crippen LogP contribution in [0.15, 0.2) is 83.8 Å². The molecule has 1 amide bonds. The van der Waals surface area contributed by atoms with E-state index in [2.05, 4.69) is 10.0 Å². The van der Waals surface area contributed by atoms with Gasteiger partial charge in [0.15, 0.2) is 0 Å². The number of carbonyl (C=O) groups excluding carboxylic acids is 1. The average Bonchev–Trinajstić information content (AvgIpc) is 2.67. The number of halogens is 1. The Bertz CT molecular complexity index is 1050. The molecular formula is C20H17FN2O3S. The van der Waals surface area contributed by atoms with Crippen molar-refractivity contribution < 1.29 is 17.6 Å². The highest BCUT2D eigenvalue weighted by atomic mass is 32.2. The van der Waals surface area contributed by atoms with E-state index in [-0.39, 0.29) is 22.1 Å². The summed E-state index contributed by atoms with van der Waals surface area (Å²) in [6.07, 6.45) is 0. The van der Waals surface area contributed by atoms with Crippen molar-refractivity contribution in [3.63, 3.8) is 0 Å². The topological polar surface area (TPSA) is 75.3 Å². The van der Waals surface area contributed by atoms with Crippen LogP contribution < -0.4 is 10.0 Å². The minimum absolute atomic E-state index is 0.0841. The number of rotatable bonds is 6. The first kappa shape index (κ1) is 18.6. The third-order valence-corrected chi connectivity index (χ3v) is 5.16. The first-order chi connectivity index (χ1) is 12.9. The molecule has 138 valence electrons. The Labute approximate surface area is 156 Å². The molecule has 3 aromatic carbocycles. The second kappa shape index (κ2) is 8.01. The highest BCUT2D eigenvalue weighted by molar-refractivity contribution is 7.92. The van der Waals surface area contributed by atoms with E-state index in [0.717, 1.165) is 11.6 Å². The molecule has 0 aliphatic heterocycles. The zero-order valence-corrected chi connectivity index (χ0v) is 15.0. The van der Waals surface area contributed by atoms with E-state index in [1.54, 1.807) is 0 Å². The zero-order valence-electron chi connectivity index (χ0n) is 14.2. The third kappa shape index (κ3) is 4.92. The molecule has 5 nitrogen and oxygen atoms in total. The van der Waals surface area contributed by atoms with Gasteiger partial charge in [0.2, 0.25) is 0 Å². The summed E-state index contributed by atoms with van der Waals surface area (Å²) < 4.78 is 40.6. The summed E-state index contributed by atoms with van der Waals surface area (Å²) in [7, 11) is -3.95. The highest BCUT2D eigenvalue weighted by Gasteiger charge is 2.16. The van der Waals surface area contributed by atoms with E-state index >= 15 is 0 Å². The Kier molecular flexibility index (Phi) is 5.52.